The molecule has 0 spiro atoms. The van der Waals surface area contributed by atoms with Gasteiger partial charge in [-0.3, -0.25) is 9.69 Å². The summed E-state index contributed by atoms with van der Waals surface area (Å²) >= 11 is 6.12. The van der Waals surface area contributed by atoms with Gasteiger partial charge in [0, 0.05) is 19.0 Å². The fraction of sp³-hybridized carbons (Fsp3) is 0.333. The number of fused-ring (bicyclic) bond motifs is 1. The van der Waals surface area contributed by atoms with Crippen molar-refractivity contribution >= 4 is 34.9 Å². The number of carbonyl (C=O) groups excluding carboxylic acids is 2. The first-order valence-corrected chi connectivity index (χ1v) is 9.85. The highest BCUT2D eigenvalue weighted by molar-refractivity contribution is 6.33. The summed E-state index contributed by atoms with van der Waals surface area (Å²) in [5.41, 5.74) is 1.43. The lowest BCUT2D eigenvalue weighted by Gasteiger charge is -2.37. The number of carbonyl (C=O) groups is 2. The average Bonchev–Trinajstić information content (AvgIpc) is 2.74. The number of para-hydroxylation sites is 3. The van der Waals surface area contributed by atoms with Gasteiger partial charge in [-0.25, -0.2) is 4.79 Å². The topological polar surface area (TPSA) is 61.9 Å². The van der Waals surface area contributed by atoms with E-state index in [1.807, 2.05) is 41.3 Å². The van der Waals surface area contributed by atoms with Gasteiger partial charge in [0.25, 0.3) is 0 Å². The zero-order valence-electron chi connectivity index (χ0n) is 15.4. The first-order chi connectivity index (χ1) is 13.6. The Hall–Kier alpha value is -2.73. The van der Waals surface area contributed by atoms with Crippen molar-refractivity contribution in [2.45, 2.75) is 12.8 Å². The molecule has 146 valence electrons. The zero-order chi connectivity index (χ0) is 19.5. The van der Waals surface area contributed by atoms with Crippen LogP contribution < -0.4 is 15.0 Å². The first-order valence-electron chi connectivity index (χ1n) is 9.47. The maximum atomic E-state index is 13.0. The average molecular weight is 400 g/mol. The lowest BCUT2D eigenvalue weighted by atomic mass is 9.96. The van der Waals surface area contributed by atoms with Crippen molar-refractivity contribution in [1.29, 1.82) is 0 Å². The molecule has 0 aliphatic carbocycles. The number of amides is 3. The maximum Gasteiger partial charge on any atom is 0.324 e. The van der Waals surface area contributed by atoms with Crippen molar-refractivity contribution < 1.29 is 14.3 Å². The van der Waals surface area contributed by atoms with Crippen LogP contribution in [-0.4, -0.2) is 43.1 Å². The van der Waals surface area contributed by atoms with Gasteiger partial charge in [-0.15, -0.1) is 0 Å². The molecule has 0 radical (unpaired) electrons. The van der Waals surface area contributed by atoms with Gasteiger partial charge in [-0.2, -0.15) is 0 Å². The molecule has 0 saturated carbocycles. The summed E-state index contributed by atoms with van der Waals surface area (Å²) < 4.78 is 5.63. The van der Waals surface area contributed by atoms with Gasteiger partial charge < -0.3 is 15.0 Å². The van der Waals surface area contributed by atoms with Crippen LogP contribution in [0, 0.1) is 5.92 Å². The number of nitrogens with one attached hydrogen (secondary N) is 1. The van der Waals surface area contributed by atoms with E-state index >= 15 is 0 Å². The molecule has 28 heavy (non-hydrogen) atoms. The molecular weight excluding hydrogens is 378 g/mol. The maximum absolute atomic E-state index is 13.0. The molecular formula is C21H22ClN3O3. The van der Waals surface area contributed by atoms with Crippen LogP contribution in [-0.2, 0) is 4.79 Å². The van der Waals surface area contributed by atoms with Gasteiger partial charge in [0.1, 0.15) is 12.4 Å². The van der Waals surface area contributed by atoms with Crippen molar-refractivity contribution in [3.05, 3.63) is 53.6 Å². The molecule has 7 heteroatoms. The summed E-state index contributed by atoms with van der Waals surface area (Å²) in [5.74, 6) is 0.560. The number of halogens is 1. The Labute approximate surface area is 169 Å². The van der Waals surface area contributed by atoms with Crippen LogP contribution in [0.5, 0.6) is 5.75 Å². The summed E-state index contributed by atoms with van der Waals surface area (Å²) in [5, 5.41) is 3.42. The van der Waals surface area contributed by atoms with Crippen molar-refractivity contribution in [1.82, 2.24) is 4.90 Å². The first kappa shape index (κ1) is 18.6. The highest BCUT2D eigenvalue weighted by Crippen LogP contribution is 2.32. The fourth-order valence-corrected chi connectivity index (χ4v) is 3.85. The molecule has 0 unspecified atom stereocenters. The van der Waals surface area contributed by atoms with Crippen molar-refractivity contribution in [2.24, 2.45) is 5.92 Å². The molecule has 2 heterocycles. The molecule has 6 nitrogen and oxygen atoms in total. The minimum absolute atomic E-state index is 0.0271. The molecule has 4 rings (SSSR count). The number of rotatable bonds is 2. The number of ether oxygens (including phenoxy) is 1. The molecule has 1 fully saturated rings. The Morgan fingerprint density at radius 1 is 1.00 bits per heavy atom. The standard InChI is InChI=1S/C21H22ClN3O3/c22-16-5-1-2-6-17(16)23-20(26)15-9-11-24(12-10-15)21(27)25-13-14-28-19-8-4-3-7-18(19)25/h1-8,15H,9-14H2,(H,23,26). The molecule has 2 aliphatic rings. The van der Waals surface area contributed by atoms with E-state index in [1.54, 1.807) is 17.0 Å². The second-order valence-electron chi connectivity index (χ2n) is 6.98. The highest BCUT2D eigenvalue weighted by atomic mass is 35.5. The number of urea groups is 1. The van der Waals surface area contributed by atoms with Crippen LogP contribution in [0.4, 0.5) is 16.2 Å². The third-order valence-electron chi connectivity index (χ3n) is 5.23. The lowest BCUT2D eigenvalue weighted by Crippen LogP contribution is -2.50. The summed E-state index contributed by atoms with van der Waals surface area (Å²) in [6, 6.07) is 14.7. The predicted molar refractivity (Wildman–Crippen MR) is 109 cm³/mol. The van der Waals surface area contributed by atoms with Gasteiger partial charge in [-0.1, -0.05) is 35.9 Å². The van der Waals surface area contributed by atoms with Crippen LogP contribution in [0.25, 0.3) is 0 Å². The minimum Gasteiger partial charge on any atom is -0.490 e. The molecule has 0 bridgehead atoms. The number of nitrogens with zero attached hydrogens (tertiary/aromatic N) is 2. The van der Waals surface area contributed by atoms with Gasteiger partial charge in [-0.05, 0) is 37.1 Å². The minimum atomic E-state index is -0.128. The number of piperidine rings is 1. The van der Waals surface area contributed by atoms with Gasteiger partial charge in [0.15, 0.2) is 0 Å². The third-order valence-corrected chi connectivity index (χ3v) is 5.56. The molecule has 1 saturated heterocycles. The normalized spacial score (nSPS) is 16.9. The Balaban J connectivity index is 1.36. The smallest absolute Gasteiger partial charge is 0.324 e. The Morgan fingerprint density at radius 3 is 2.50 bits per heavy atom. The number of likely N-dealkylation sites (tertiary alicyclic amines) is 1. The third kappa shape index (κ3) is 3.78. The van der Waals surface area contributed by atoms with Crippen molar-refractivity contribution in [3.8, 4) is 5.75 Å². The summed E-state index contributed by atoms with van der Waals surface area (Å²) in [4.78, 5) is 29.2. The van der Waals surface area contributed by atoms with Crippen LogP contribution >= 0.6 is 11.6 Å². The van der Waals surface area contributed by atoms with Gasteiger partial charge in [0.05, 0.1) is 22.9 Å². The molecule has 0 aromatic heterocycles. The van der Waals surface area contributed by atoms with E-state index in [-0.39, 0.29) is 17.9 Å². The van der Waals surface area contributed by atoms with Crippen LogP contribution in [0.15, 0.2) is 48.5 Å². The monoisotopic (exact) mass is 399 g/mol. The van der Waals surface area contributed by atoms with E-state index in [0.29, 0.717) is 49.8 Å². The Kier molecular flexibility index (Phi) is 5.39. The summed E-state index contributed by atoms with van der Waals surface area (Å²) in [7, 11) is 0. The molecule has 2 aromatic rings. The summed E-state index contributed by atoms with van der Waals surface area (Å²) in [6.07, 6.45) is 1.27. The van der Waals surface area contributed by atoms with Gasteiger partial charge in [0.2, 0.25) is 5.91 Å². The van der Waals surface area contributed by atoms with E-state index in [4.69, 9.17) is 16.3 Å². The Bertz CT molecular complexity index is 881. The summed E-state index contributed by atoms with van der Waals surface area (Å²) in [6.45, 7) is 2.13. The molecule has 2 aromatic carbocycles. The fourth-order valence-electron chi connectivity index (χ4n) is 3.67. The molecule has 0 atom stereocenters. The number of benzene rings is 2. The van der Waals surface area contributed by atoms with E-state index in [2.05, 4.69) is 5.32 Å². The Morgan fingerprint density at radius 2 is 1.71 bits per heavy atom. The zero-order valence-corrected chi connectivity index (χ0v) is 16.2. The van der Waals surface area contributed by atoms with E-state index in [9.17, 15) is 9.59 Å². The van der Waals surface area contributed by atoms with Crippen molar-refractivity contribution in [3.63, 3.8) is 0 Å². The second-order valence-corrected chi connectivity index (χ2v) is 7.39. The number of anilines is 2. The molecule has 2 aliphatic heterocycles. The predicted octanol–water partition coefficient (Wildman–Crippen LogP) is 4.01. The van der Waals surface area contributed by atoms with Crippen LogP contribution in [0.3, 0.4) is 0 Å². The number of hydrogen-bond donors (Lipinski definition) is 1. The largest absolute Gasteiger partial charge is 0.490 e. The quantitative estimate of drug-likeness (QED) is 0.829. The van der Waals surface area contributed by atoms with E-state index in [1.165, 1.54) is 0 Å². The highest BCUT2D eigenvalue weighted by Gasteiger charge is 2.32. The molecule has 3 amide bonds. The van der Waals surface area contributed by atoms with E-state index < -0.39 is 0 Å². The molecule has 1 N–H and O–H groups in total. The van der Waals surface area contributed by atoms with Gasteiger partial charge >= 0.3 is 6.03 Å². The number of hydrogen-bond acceptors (Lipinski definition) is 3. The second kappa shape index (κ2) is 8.10. The lowest BCUT2D eigenvalue weighted by molar-refractivity contribution is -0.121. The SMILES string of the molecule is O=C(Nc1ccccc1Cl)C1CCN(C(=O)N2CCOc3ccccc32)CC1. The van der Waals surface area contributed by atoms with Crippen LogP contribution in [0.2, 0.25) is 5.02 Å². The van der Waals surface area contributed by atoms with Crippen molar-refractivity contribution in [2.75, 3.05) is 36.5 Å². The van der Waals surface area contributed by atoms with E-state index in [0.717, 1.165) is 11.4 Å². The van der Waals surface area contributed by atoms with Crippen LogP contribution in [0.1, 0.15) is 12.8 Å².